The van der Waals surface area contributed by atoms with Crippen molar-refractivity contribution < 1.29 is 9.53 Å². The normalized spacial score (nSPS) is 37.4. The molecule has 3 nitrogen and oxygen atoms in total. The van der Waals surface area contributed by atoms with Crippen LogP contribution in [0, 0.1) is 5.92 Å². The minimum Gasteiger partial charge on any atom is -0.381 e. The lowest BCUT2D eigenvalue weighted by Gasteiger charge is -2.43. The number of piperidine rings is 1. The molecule has 3 rings (SSSR count). The maximum atomic E-state index is 11.6. The van der Waals surface area contributed by atoms with Gasteiger partial charge in [-0.25, -0.2) is 0 Å². The number of ether oxygens (including phenoxy) is 1. The van der Waals surface area contributed by atoms with Crippen molar-refractivity contribution in [1.29, 1.82) is 0 Å². The molecule has 3 heterocycles. The standard InChI is InChI=1S/C14H23NO2/c1-10(11-4-6-17-7-5-11)15-12-2-3-13(15)9-14(16)8-12/h10-13H,2-9H2,1H3. The van der Waals surface area contributed by atoms with E-state index in [1.54, 1.807) is 0 Å². The summed E-state index contributed by atoms with van der Waals surface area (Å²) in [4.78, 5) is 14.3. The Kier molecular flexibility index (Phi) is 3.22. The van der Waals surface area contributed by atoms with Gasteiger partial charge in [0.05, 0.1) is 0 Å². The molecule has 0 aromatic heterocycles. The van der Waals surface area contributed by atoms with Gasteiger partial charge in [-0.3, -0.25) is 9.69 Å². The Labute approximate surface area is 104 Å². The molecule has 3 aliphatic heterocycles. The molecule has 3 aliphatic rings. The predicted molar refractivity (Wildman–Crippen MR) is 65.9 cm³/mol. The first-order chi connectivity index (χ1) is 8.25. The average molecular weight is 237 g/mol. The van der Waals surface area contributed by atoms with Crippen LogP contribution in [0.1, 0.15) is 45.4 Å². The van der Waals surface area contributed by atoms with E-state index in [9.17, 15) is 4.79 Å². The molecule has 0 aromatic rings. The van der Waals surface area contributed by atoms with Gasteiger partial charge in [0.25, 0.3) is 0 Å². The largest absolute Gasteiger partial charge is 0.381 e. The highest BCUT2D eigenvalue weighted by Crippen LogP contribution is 2.38. The summed E-state index contributed by atoms with van der Waals surface area (Å²) in [6.07, 6.45) is 6.50. The molecule has 0 aliphatic carbocycles. The van der Waals surface area contributed by atoms with Gasteiger partial charge < -0.3 is 4.74 Å². The zero-order valence-electron chi connectivity index (χ0n) is 10.7. The quantitative estimate of drug-likeness (QED) is 0.735. The minimum atomic E-state index is 0.493. The Morgan fingerprint density at radius 2 is 1.71 bits per heavy atom. The first-order valence-electron chi connectivity index (χ1n) is 7.12. The summed E-state index contributed by atoms with van der Waals surface area (Å²) in [6.45, 7) is 4.23. The second kappa shape index (κ2) is 4.69. The summed E-state index contributed by atoms with van der Waals surface area (Å²) < 4.78 is 5.45. The number of hydrogen-bond acceptors (Lipinski definition) is 3. The molecule has 96 valence electrons. The van der Waals surface area contributed by atoms with E-state index in [1.807, 2.05) is 0 Å². The molecule has 0 spiro atoms. The fourth-order valence-corrected chi connectivity index (χ4v) is 4.11. The number of Topliss-reactive ketones (excluding diaryl/α,β-unsaturated/α-hetero) is 1. The Bertz CT molecular complexity index is 283. The zero-order chi connectivity index (χ0) is 11.8. The van der Waals surface area contributed by atoms with Crippen LogP contribution in [0.15, 0.2) is 0 Å². The summed E-state index contributed by atoms with van der Waals surface area (Å²) in [7, 11) is 0. The average Bonchev–Trinajstić information content (AvgIpc) is 2.62. The van der Waals surface area contributed by atoms with Crippen molar-refractivity contribution in [2.75, 3.05) is 13.2 Å². The maximum Gasteiger partial charge on any atom is 0.136 e. The molecule has 17 heavy (non-hydrogen) atoms. The third kappa shape index (κ3) is 2.15. The number of rotatable bonds is 2. The van der Waals surface area contributed by atoms with Crippen molar-refractivity contribution in [3.05, 3.63) is 0 Å². The van der Waals surface area contributed by atoms with Crippen LogP contribution in [0.25, 0.3) is 0 Å². The van der Waals surface area contributed by atoms with Gasteiger partial charge >= 0.3 is 0 Å². The van der Waals surface area contributed by atoms with Crippen LogP contribution in [-0.4, -0.2) is 42.0 Å². The zero-order valence-corrected chi connectivity index (χ0v) is 10.7. The SMILES string of the molecule is CC(C1CCOCC1)N1C2CCC1CC(=O)C2. The molecule has 0 aromatic carbocycles. The molecule has 0 amide bonds. The molecule has 3 atom stereocenters. The highest BCUT2D eigenvalue weighted by molar-refractivity contribution is 5.81. The monoisotopic (exact) mass is 237 g/mol. The lowest BCUT2D eigenvalue weighted by molar-refractivity contribution is -0.125. The van der Waals surface area contributed by atoms with E-state index in [0.29, 0.717) is 23.9 Å². The second-order valence-electron chi connectivity index (χ2n) is 5.97. The molecule has 2 bridgehead atoms. The molecule has 3 saturated heterocycles. The Hall–Kier alpha value is -0.410. The molecular weight excluding hydrogens is 214 g/mol. The summed E-state index contributed by atoms with van der Waals surface area (Å²) >= 11 is 0. The second-order valence-corrected chi connectivity index (χ2v) is 5.97. The predicted octanol–water partition coefficient (Wildman–Crippen LogP) is 2.00. The highest BCUT2D eigenvalue weighted by Gasteiger charge is 2.43. The lowest BCUT2D eigenvalue weighted by Crippen LogP contribution is -2.51. The number of carbonyl (C=O) groups excluding carboxylic acids is 1. The van der Waals surface area contributed by atoms with Crippen molar-refractivity contribution in [2.24, 2.45) is 5.92 Å². The molecule has 3 heteroatoms. The van der Waals surface area contributed by atoms with Gasteiger partial charge in [0.2, 0.25) is 0 Å². The lowest BCUT2D eigenvalue weighted by atomic mass is 9.88. The Morgan fingerprint density at radius 1 is 1.12 bits per heavy atom. The van der Waals surface area contributed by atoms with E-state index < -0.39 is 0 Å². The topological polar surface area (TPSA) is 29.5 Å². The van der Waals surface area contributed by atoms with Crippen LogP contribution >= 0.6 is 0 Å². The number of nitrogens with zero attached hydrogens (tertiary/aromatic N) is 1. The summed E-state index contributed by atoms with van der Waals surface area (Å²) in [6, 6.07) is 1.75. The number of ketones is 1. The van der Waals surface area contributed by atoms with Gasteiger partial charge in [0.15, 0.2) is 0 Å². The van der Waals surface area contributed by atoms with Crippen molar-refractivity contribution >= 4 is 5.78 Å². The number of fused-ring (bicyclic) bond motifs is 2. The van der Waals surface area contributed by atoms with Crippen molar-refractivity contribution in [2.45, 2.75) is 63.6 Å². The van der Waals surface area contributed by atoms with Gasteiger partial charge in [0.1, 0.15) is 5.78 Å². The smallest absolute Gasteiger partial charge is 0.136 e. The van der Waals surface area contributed by atoms with Crippen LogP contribution in [0.3, 0.4) is 0 Å². The third-order valence-corrected chi connectivity index (χ3v) is 5.02. The van der Waals surface area contributed by atoms with E-state index in [1.165, 1.54) is 25.7 Å². The summed E-state index contributed by atoms with van der Waals surface area (Å²) in [5.74, 6) is 1.27. The van der Waals surface area contributed by atoms with Gasteiger partial charge in [-0.15, -0.1) is 0 Å². The summed E-state index contributed by atoms with van der Waals surface area (Å²) in [5, 5.41) is 0. The molecule has 0 saturated carbocycles. The maximum absolute atomic E-state index is 11.6. The van der Waals surface area contributed by atoms with Gasteiger partial charge in [-0.05, 0) is 38.5 Å². The Morgan fingerprint density at radius 3 is 2.29 bits per heavy atom. The van der Waals surface area contributed by atoms with Crippen molar-refractivity contribution in [3.63, 3.8) is 0 Å². The van der Waals surface area contributed by atoms with E-state index in [-0.39, 0.29) is 0 Å². The highest BCUT2D eigenvalue weighted by atomic mass is 16.5. The van der Waals surface area contributed by atoms with Gasteiger partial charge in [-0.2, -0.15) is 0 Å². The number of carbonyl (C=O) groups is 1. The van der Waals surface area contributed by atoms with Crippen molar-refractivity contribution in [3.8, 4) is 0 Å². The fourth-order valence-electron chi connectivity index (χ4n) is 4.11. The Balaban J connectivity index is 1.69. The first-order valence-corrected chi connectivity index (χ1v) is 7.12. The molecular formula is C14H23NO2. The van der Waals surface area contributed by atoms with Crippen LogP contribution in [-0.2, 0) is 9.53 Å². The fraction of sp³-hybridized carbons (Fsp3) is 0.929. The first kappa shape index (κ1) is 11.7. The van der Waals surface area contributed by atoms with Crippen LogP contribution in [0.4, 0.5) is 0 Å². The van der Waals surface area contributed by atoms with Gasteiger partial charge in [0, 0.05) is 44.2 Å². The van der Waals surface area contributed by atoms with Crippen LogP contribution in [0.2, 0.25) is 0 Å². The summed E-state index contributed by atoms with van der Waals surface area (Å²) in [5.41, 5.74) is 0. The van der Waals surface area contributed by atoms with Gasteiger partial charge in [-0.1, -0.05) is 0 Å². The number of hydrogen-bond donors (Lipinski definition) is 0. The van der Waals surface area contributed by atoms with Crippen LogP contribution in [0.5, 0.6) is 0 Å². The van der Waals surface area contributed by atoms with E-state index >= 15 is 0 Å². The van der Waals surface area contributed by atoms with E-state index in [2.05, 4.69) is 11.8 Å². The molecule has 0 N–H and O–H groups in total. The third-order valence-electron chi connectivity index (χ3n) is 5.02. The minimum absolute atomic E-state index is 0.493. The molecule has 3 unspecified atom stereocenters. The molecule has 0 radical (unpaired) electrons. The van der Waals surface area contributed by atoms with Crippen LogP contribution < -0.4 is 0 Å². The molecule has 3 fully saturated rings. The van der Waals surface area contributed by atoms with E-state index in [4.69, 9.17) is 4.74 Å². The van der Waals surface area contributed by atoms with Crippen molar-refractivity contribution in [1.82, 2.24) is 4.90 Å². The van der Waals surface area contributed by atoms with E-state index in [0.717, 1.165) is 32.0 Å².